The third-order valence-electron chi connectivity index (χ3n) is 17.6. The summed E-state index contributed by atoms with van der Waals surface area (Å²) in [6.07, 6.45) is 7.11. The zero-order chi connectivity index (χ0) is 50.8. The third-order valence-corrected chi connectivity index (χ3v) is 18.8. The highest BCUT2D eigenvalue weighted by Gasteiger charge is 2.63. The molecule has 1 aromatic heterocycles. The third kappa shape index (κ3) is 5.89. The second-order valence-electron chi connectivity index (χ2n) is 23.7. The maximum atomic E-state index is 7.89. The largest absolute Gasteiger partial charge is 0.480 e. The minimum Gasteiger partial charge on any atom is -0.480 e. The highest BCUT2D eigenvalue weighted by atomic mass is 32.2. The Morgan fingerprint density at radius 2 is 1.05 bits per heavy atom. The molecule has 0 saturated heterocycles. The molecule has 0 N–H and O–H groups in total. The Kier molecular flexibility index (Phi) is 9.17. The van der Waals surface area contributed by atoms with Crippen molar-refractivity contribution >= 4 is 45.1 Å². The van der Waals surface area contributed by atoms with Gasteiger partial charge in [0.25, 0.3) is 0 Å². The Balaban J connectivity index is 1.03. The van der Waals surface area contributed by atoms with E-state index in [1.54, 1.807) is 0 Å². The average molecular weight is 988 g/mol. The topological polar surface area (TPSA) is 25.6 Å². The molecular weight excluding hydrogens is 931 g/mol. The van der Waals surface area contributed by atoms with Crippen molar-refractivity contribution in [2.45, 2.75) is 85.5 Å². The molecule has 0 radical (unpaired) electrons. The Morgan fingerprint density at radius 3 is 1.75 bits per heavy atom. The summed E-state index contributed by atoms with van der Waals surface area (Å²) in [5, 5.41) is 2.17. The predicted octanol–water partition coefficient (Wildman–Crippen LogP) is 18.4. The summed E-state index contributed by atoms with van der Waals surface area (Å²) in [5.41, 5.74) is 19.3. The van der Waals surface area contributed by atoms with E-state index in [1.807, 2.05) is 11.8 Å². The van der Waals surface area contributed by atoms with Crippen LogP contribution in [0.2, 0.25) is 0 Å². The molecule has 75 heavy (non-hydrogen) atoms. The maximum absolute atomic E-state index is 7.89. The second-order valence-corrected chi connectivity index (χ2v) is 24.7. The van der Waals surface area contributed by atoms with E-state index in [4.69, 9.17) is 9.15 Å². The van der Waals surface area contributed by atoms with Gasteiger partial charge in [-0.25, -0.2) is 0 Å². The van der Waals surface area contributed by atoms with E-state index in [9.17, 15) is 0 Å². The van der Waals surface area contributed by atoms with Gasteiger partial charge in [-0.1, -0.05) is 217 Å². The Morgan fingerprint density at radius 1 is 0.493 bits per heavy atom. The molecule has 3 nitrogen and oxygen atoms in total. The Labute approximate surface area is 444 Å². The van der Waals surface area contributed by atoms with Crippen molar-refractivity contribution in [3.63, 3.8) is 0 Å². The molecule has 2 spiro atoms. The number of furan rings is 1. The molecule has 4 heteroatoms. The monoisotopic (exact) mass is 987 g/mol. The van der Waals surface area contributed by atoms with Crippen LogP contribution in [0.1, 0.15) is 98.5 Å². The summed E-state index contributed by atoms with van der Waals surface area (Å²) in [6, 6.07) is 73.2. The minimum atomic E-state index is -0.939. The molecular formula is C71H57NO2S. The highest BCUT2D eigenvalue weighted by molar-refractivity contribution is 7.99. The van der Waals surface area contributed by atoms with Crippen LogP contribution in [0.15, 0.2) is 232 Å². The van der Waals surface area contributed by atoms with Gasteiger partial charge in [0, 0.05) is 37.7 Å². The van der Waals surface area contributed by atoms with Crippen molar-refractivity contribution in [3.8, 4) is 28.0 Å². The lowest BCUT2D eigenvalue weighted by Crippen LogP contribution is -2.59. The van der Waals surface area contributed by atoms with Crippen LogP contribution in [0.3, 0.4) is 0 Å². The fraction of sp³-hybridized carbons (Fsp3) is 0.183. The zero-order valence-electron chi connectivity index (χ0n) is 43.5. The van der Waals surface area contributed by atoms with E-state index in [1.165, 1.54) is 82.1 Å². The van der Waals surface area contributed by atoms with Gasteiger partial charge in [-0.15, -0.1) is 0 Å². The number of nitrogens with zero attached hydrogens (tertiary/aromatic N) is 1. The molecule has 15 rings (SSSR count). The lowest BCUT2D eigenvalue weighted by Gasteiger charge is -2.55. The molecule has 10 aromatic rings. The van der Waals surface area contributed by atoms with E-state index >= 15 is 0 Å². The number of rotatable bonds is 3. The van der Waals surface area contributed by atoms with Crippen LogP contribution in [0.4, 0.5) is 11.4 Å². The first kappa shape index (κ1) is 44.7. The van der Waals surface area contributed by atoms with Gasteiger partial charge in [0.1, 0.15) is 11.3 Å². The molecule has 364 valence electrons. The van der Waals surface area contributed by atoms with Crippen LogP contribution in [0, 0.1) is 5.92 Å². The number of hydrogen-bond donors (Lipinski definition) is 0. The standard InChI is InChI=1S/C71H57NO2S/c1-67(2,3)43-34-37-47-48-38-35-44(68(4,5)6)41-57(48)71(56(47)40-43)53-24-11-15-29-61(53)74-69(7)64(71)32-19-33-65(69)72(59-27-18-22-51-50-21-9-14-28-60(50)73-66(51)59)45-36-39-49-46-20-8-10-23-52(46)70(58(49)42-45)54-25-12-16-30-62(54)75-63-31-17-13-26-55(63)70/h8-42,64H,1-7H3. The quantitative estimate of drug-likeness (QED) is 0.176. The van der Waals surface area contributed by atoms with Crippen LogP contribution in [-0.4, -0.2) is 5.60 Å². The molecule has 3 heterocycles. The van der Waals surface area contributed by atoms with Gasteiger partial charge >= 0.3 is 0 Å². The molecule has 0 fully saturated rings. The lowest BCUT2D eigenvalue weighted by atomic mass is 9.55. The summed E-state index contributed by atoms with van der Waals surface area (Å²) in [6.45, 7) is 16.4. The number of allylic oxidation sites excluding steroid dienone is 2. The molecule has 0 bridgehead atoms. The number of hydrogen-bond acceptors (Lipinski definition) is 4. The van der Waals surface area contributed by atoms with Gasteiger partial charge in [0.05, 0.1) is 22.2 Å². The second kappa shape index (κ2) is 15.4. The Bertz CT molecular complexity index is 4050. The fourth-order valence-corrected chi connectivity index (χ4v) is 15.4. The van der Waals surface area contributed by atoms with Crippen LogP contribution in [0.25, 0.3) is 44.2 Å². The zero-order valence-corrected chi connectivity index (χ0v) is 44.3. The molecule has 0 amide bonds. The summed E-state index contributed by atoms with van der Waals surface area (Å²) in [5.74, 6) is 0.707. The summed E-state index contributed by atoms with van der Waals surface area (Å²) in [4.78, 5) is 5.07. The fourth-order valence-electron chi connectivity index (χ4n) is 14.2. The first-order chi connectivity index (χ1) is 36.3. The highest BCUT2D eigenvalue weighted by Crippen LogP contribution is 2.67. The van der Waals surface area contributed by atoms with Gasteiger partial charge in [-0.2, -0.15) is 0 Å². The Hall–Kier alpha value is -7.79. The number of para-hydroxylation sites is 3. The normalized spacial score (nSPS) is 18.8. The molecule has 2 unspecified atom stereocenters. The number of anilines is 2. The molecule has 2 aliphatic heterocycles. The maximum Gasteiger partial charge on any atom is 0.159 e. The van der Waals surface area contributed by atoms with Crippen molar-refractivity contribution in [3.05, 3.63) is 268 Å². The van der Waals surface area contributed by atoms with E-state index in [0.29, 0.717) is 0 Å². The van der Waals surface area contributed by atoms with Crippen molar-refractivity contribution in [2.75, 3.05) is 4.90 Å². The summed E-state index contributed by atoms with van der Waals surface area (Å²) in [7, 11) is 0. The van der Waals surface area contributed by atoms with Gasteiger partial charge in [-0.05, 0) is 133 Å². The smallest absolute Gasteiger partial charge is 0.159 e. The average Bonchev–Trinajstić information content (AvgIpc) is 4.06. The minimum absolute atomic E-state index is 0.0757. The SMILES string of the molecule is CC(C)(C)c1ccc2c(c1)C1(c3ccccc3OC3(C)C(N(c4ccc5c(c4)C4(c6ccccc6Sc6ccccc64)c4ccccc4-5)c4cccc5c4oc4ccccc45)=CC=CC31)c1cc(C(C)(C)C)ccc1-2. The molecule has 5 aliphatic rings. The molecule has 9 aromatic carbocycles. The summed E-state index contributed by atoms with van der Waals surface area (Å²) < 4.78 is 15.0. The number of fused-ring (bicyclic) bond motifs is 21. The summed E-state index contributed by atoms with van der Waals surface area (Å²) >= 11 is 1.88. The van der Waals surface area contributed by atoms with Crippen molar-refractivity contribution in [1.82, 2.24) is 0 Å². The van der Waals surface area contributed by atoms with E-state index in [2.05, 4.69) is 266 Å². The van der Waals surface area contributed by atoms with Crippen molar-refractivity contribution in [2.24, 2.45) is 5.92 Å². The first-order valence-electron chi connectivity index (χ1n) is 26.6. The van der Waals surface area contributed by atoms with Crippen LogP contribution in [-0.2, 0) is 21.7 Å². The van der Waals surface area contributed by atoms with Gasteiger partial charge in [-0.3, -0.25) is 0 Å². The number of benzene rings is 9. The van der Waals surface area contributed by atoms with E-state index < -0.39 is 16.4 Å². The van der Waals surface area contributed by atoms with Crippen LogP contribution >= 0.6 is 11.8 Å². The van der Waals surface area contributed by atoms with Crippen molar-refractivity contribution in [1.29, 1.82) is 0 Å². The first-order valence-corrected chi connectivity index (χ1v) is 27.4. The van der Waals surface area contributed by atoms with Crippen LogP contribution in [0.5, 0.6) is 5.75 Å². The van der Waals surface area contributed by atoms with Gasteiger partial charge in [0.15, 0.2) is 11.2 Å². The van der Waals surface area contributed by atoms with Crippen LogP contribution < -0.4 is 9.64 Å². The van der Waals surface area contributed by atoms with E-state index in [-0.39, 0.29) is 16.7 Å². The number of ether oxygens (including phenoxy) is 1. The lowest BCUT2D eigenvalue weighted by molar-refractivity contribution is 0.0349. The van der Waals surface area contributed by atoms with Gasteiger partial charge in [0.2, 0.25) is 0 Å². The predicted molar refractivity (Wildman–Crippen MR) is 309 cm³/mol. The molecule has 2 atom stereocenters. The molecule has 0 saturated carbocycles. The van der Waals surface area contributed by atoms with Gasteiger partial charge < -0.3 is 14.1 Å². The molecule has 3 aliphatic carbocycles. The van der Waals surface area contributed by atoms with Crippen molar-refractivity contribution < 1.29 is 9.15 Å². The van der Waals surface area contributed by atoms with E-state index in [0.717, 1.165) is 44.8 Å².